The summed E-state index contributed by atoms with van der Waals surface area (Å²) in [7, 11) is 0. The highest BCUT2D eigenvalue weighted by molar-refractivity contribution is 7.19. The molecule has 0 atom stereocenters. The Hall–Kier alpha value is -2.51. The van der Waals surface area contributed by atoms with Crippen LogP contribution in [-0.2, 0) is 6.61 Å². The molecule has 0 aliphatic carbocycles. The quantitative estimate of drug-likeness (QED) is 0.629. The average molecular weight is 298 g/mol. The van der Waals surface area contributed by atoms with Crippen molar-refractivity contribution in [2.45, 2.75) is 6.61 Å². The number of fused-ring (bicyclic) bond motifs is 1. The van der Waals surface area contributed by atoms with Gasteiger partial charge in [0.05, 0.1) is 24.3 Å². The van der Waals surface area contributed by atoms with Crippen molar-refractivity contribution in [3.63, 3.8) is 0 Å². The third-order valence-corrected chi connectivity index (χ3v) is 4.04. The zero-order valence-electron chi connectivity index (χ0n) is 10.8. The lowest BCUT2D eigenvalue weighted by Gasteiger charge is -1.99. The van der Waals surface area contributed by atoms with Gasteiger partial charge in [0, 0.05) is 18.0 Å². The number of rotatable bonds is 3. The van der Waals surface area contributed by atoms with E-state index < -0.39 is 0 Å². The van der Waals surface area contributed by atoms with Crippen LogP contribution in [0.2, 0.25) is 0 Å². The van der Waals surface area contributed by atoms with Crippen LogP contribution in [0.1, 0.15) is 5.69 Å². The Morgan fingerprint density at radius 1 is 1.29 bits per heavy atom. The molecule has 4 aromatic rings. The molecular formula is C14H10N4O2S. The number of furan rings is 1. The van der Waals surface area contributed by atoms with E-state index in [1.807, 2.05) is 24.3 Å². The maximum absolute atomic E-state index is 9.67. The lowest BCUT2D eigenvalue weighted by atomic mass is 10.2. The third kappa shape index (κ3) is 1.94. The lowest BCUT2D eigenvalue weighted by Crippen LogP contribution is -1.95. The summed E-state index contributed by atoms with van der Waals surface area (Å²) in [5.41, 5.74) is 2.21. The fourth-order valence-corrected chi connectivity index (χ4v) is 3.05. The molecule has 0 spiro atoms. The molecule has 0 aromatic carbocycles. The molecule has 4 heterocycles. The molecule has 0 fully saturated rings. The van der Waals surface area contributed by atoms with Gasteiger partial charge in [0.25, 0.3) is 0 Å². The van der Waals surface area contributed by atoms with Crippen LogP contribution in [0.15, 0.2) is 47.3 Å². The van der Waals surface area contributed by atoms with Crippen molar-refractivity contribution in [2.75, 3.05) is 0 Å². The highest BCUT2D eigenvalue weighted by Gasteiger charge is 2.18. The van der Waals surface area contributed by atoms with Gasteiger partial charge >= 0.3 is 0 Å². The van der Waals surface area contributed by atoms with Crippen molar-refractivity contribution in [1.29, 1.82) is 0 Å². The van der Waals surface area contributed by atoms with E-state index >= 15 is 0 Å². The van der Waals surface area contributed by atoms with Crippen LogP contribution in [-0.4, -0.2) is 24.7 Å². The molecule has 0 saturated carbocycles. The van der Waals surface area contributed by atoms with E-state index in [-0.39, 0.29) is 6.61 Å². The molecule has 6 nitrogen and oxygen atoms in total. The van der Waals surface area contributed by atoms with Gasteiger partial charge in [0.1, 0.15) is 0 Å². The van der Waals surface area contributed by atoms with Gasteiger partial charge in [-0.3, -0.25) is 4.98 Å². The Morgan fingerprint density at radius 3 is 2.95 bits per heavy atom. The predicted molar refractivity (Wildman–Crippen MR) is 77.7 cm³/mol. The SMILES string of the molecule is OCc1c(-c2cccnc2)nc2sc(-c3ccco3)nn12. The van der Waals surface area contributed by atoms with Gasteiger partial charge in [-0.05, 0) is 24.3 Å². The number of aliphatic hydroxyl groups is 1. The molecule has 104 valence electrons. The highest BCUT2D eigenvalue weighted by Crippen LogP contribution is 2.30. The van der Waals surface area contributed by atoms with Crippen LogP contribution in [0.5, 0.6) is 0 Å². The second-order valence-corrected chi connectivity index (χ2v) is 5.34. The molecule has 7 heteroatoms. The number of hydrogen-bond acceptors (Lipinski definition) is 6. The van der Waals surface area contributed by atoms with Crippen LogP contribution in [0, 0.1) is 0 Å². The van der Waals surface area contributed by atoms with Crippen LogP contribution >= 0.6 is 11.3 Å². The number of nitrogens with zero attached hydrogens (tertiary/aromatic N) is 4. The van der Waals surface area contributed by atoms with E-state index in [9.17, 15) is 5.11 Å². The maximum Gasteiger partial charge on any atom is 0.213 e. The molecular weight excluding hydrogens is 288 g/mol. The molecule has 0 radical (unpaired) electrons. The van der Waals surface area contributed by atoms with Gasteiger partial charge in [-0.15, -0.1) is 0 Å². The Balaban J connectivity index is 1.90. The smallest absolute Gasteiger partial charge is 0.213 e. The Labute approximate surface area is 123 Å². The standard InChI is InChI=1S/C14H10N4O2S/c19-8-10-12(9-3-1-5-15-7-9)16-14-18(10)17-13(21-14)11-4-2-6-20-11/h1-7,19H,8H2. The minimum absolute atomic E-state index is 0.146. The van der Waals surface area contributed by atoms with Crippen molar-refractivity contribution in [1.82, 2.24) is 19.6 Å². The molecule has 0 saturated heterocycles. The largest absolute Gasteiger partial charge is 0.462 e. The van der Waals surface area contributed by atoms with E-state index in [0.717, 1.165) is 10.6 Å². The average Bonchev–Trinajstić information content (AvgIpc) is 3.22. The lowest BCUT2D eigenvalue weighted by molar-refractivity contribution is 0.275. The number of imidazole rings is 1. The number of pyridine rings is 1. The molecule has 0 aliphatic rings. The summed E-state index contributed by atoms with van der Waals surface area (Å²) in [6.45, 7) is -0.146. The maximum atomic E-state index is 9.67. The summed E-state index contributed by atoms with van der Waals surface area (Å²) < 4.78 is 7.00. The molecule has 4 aromatic heterocycles. The summed E-state index contributed by atoms with van der Waals surface area (Å²) in [6.07, 6.45) is 5.03. The summed E-state index contributed by atoms with van der Waals surface area (Å²) >= 11 is 1.42. The second-order valence-electron chi connectivity index (χ2n) is 4.39. The van der Waals surface area contributed by atoms with Gasteiger partial charge in [0.2, 0.25) is 4.96 Å². The second kappa shape index (κ2) is 4.80. The minimum Gasteiger partial charge on any atom is -0.462 e. The number of hydrogen-bond donors (Lipinski definition) is 1. The van der Waals surface area contributed by atoms with Crippen molar-refractivity contribution < 1.29 is 9.52 Å². The van der Waals surface area contributed by atoms with Gasteiger partial charge < -0.3 is 9.52 Å². The van der Waals surface area contributed by atoms with Crippen LogP contribution < -0.4 is 0 Å². The fraction of sp³-hybridized carbons (Fsp3) is 0.0714. The van der Waals surface area contributed by atoms with E-state index in [1.54, 1.807) is 23.2 Å². The molecule has 4 rings (SSSR count). The van der Waals surface area contributed by atoms with Gasteiger partial charge in [-0.2, -0.15) is 5.10 Å². The third-order valence-electron chi connectivity index (χ3n) is 3.11. The Morgan fingerprint density at radius 2 is 2.24 bits per heavy atom. The molecule has 21 heavy (non-hydrogen) atoms. The Kier molecular flexibility index (Phi) is 2.80. The topological polar surface area (TPSA) is 76.5 Å². The van der Waals surface area contributed by atoms with E-state index in [0.29, 0.717) is 22.1 Å². The van der Waals surface area contributed by atoms with E-state index in [2.05, 4.69) is 15.1 Å². The summed E-state index contributed by atoms with van der Waals surface area (Å²) in [4.78, 5) is 9.36. The van der Waals surface area contributed by atoms with Crippen molar-refractivity contribution in [2.24, 2.45) is 0 Å². The monoisotopic (exact) mass is 298 g/mol. The van der Waals surface area contributed by atoms with Gasteiger partial charge in [0.15, 0.2) is 10.8 Å². The van der Waals surface area contributed by atoms with Crippen molar-refractivity contribution in [3.8, 4) is 22.0 Å². The van der Waals surface area contributed by atoms with Crippen molar-refractivity contribution in [3.05, 3.63) is 48.6 Å². The highest BCUT2D eigenvalue weighted by atomic mass is 32.1. The van der Waals surface area contributed by atoms with Crippen molar-refractivity contribution >= 4 is 16.3 Å². The van der Waals surface area contributed by atoms with Gasteiger partial charge in [-0.25, -0.2) is 9.50 Å². The normalized spacial score (nSPS) is 11.3. The molecule has 0 unspecified atom stereocenters. The Bertz CT molecular complexity index is 881. The first-order valence-corrected chi connectivity index (χ1v) is 7.12. The zero-order valence-corrected chi connectivity index (χ0v) is 11.6. The molecule has 1 N–H and O–H groups in total. The van der Waals surface area contributed by atoms with E-state index in [4.69, 9.17) is 4.42 Å². The van der Waals surface area contributed by atoms with Crippen LogP contribution in [0.3, 0.4) is 0 Å². The summed E-state index contributed by atoms with van der Waals surface area (Å²) in [6, 6.07) is 7.41. The zero-order chi connectivity index (χ0) is 14.2. The summed E-state index contributed by atoms with van der Waals surface area (Å²) in [5, 5.41) is 14.9. The first kappa shape index (κ1) is 12.2. The number of aromatic nitrogens is 4. The minimum atomic E-state index is -0.146. The molecule has 0 aliphatic heterocycles. The molecule has 0 amide bonds. The molecule has 0 bridgehead atoms. The fourth-order valence-electron chi connectivity index (χ4n) is 2.17. The predicted octanol–water partition coefficient (Wildman–Crippen LogP) is 2.61. The van der Waals surface area contributed by atoms with Crippen LogP contribution in [0.4, 0.5) is 0 Å². The first-order chi connectivity index (χ1) is 10.4. The number of aliphatic hydroxyl groups excluding tert-OH is 1. The van der Waals surface area contributed by atoms with Gasteiger partial charge in [-0.1, -0.05) is 11.3 Å². The summed E-state index contributed by atoms with van der Waals surface area (Å²) in [5.74, 6) is 0.692. The van der Waals surface area contributed by atoms with E-state index in [1.165, 1.54) is 11.3 Å². The van der Waals surface area contributed by atoms with Crippen LogP contribution in [0.25, 0.3) is 27.0 Å². The first-order valence-electron chi connectivity index (χ1n) is 6.30.